The van der Waals surface area contributed by atoms with Gasteiger partial charge in [0.2, 0.25) is 5.91 Å². The maximum atomic E-state index is 13.3. The Morgan fingerprint density at radius 2 is 1.93 bits per heavy atom. The molecule has 0 saturated carbocycles. The molecule has 0 spiro atoms. The van der Waals surface area contributed by atoms with Gasteiger partial charge < -0.3 is 15.2 Å². The first-order valence-corrected chi connectivity index (χ1v) is 9.26. The number of hydrogen-bond acceptors (Lipinski definition) is 5. The van der Waals surface area contributed by atoms with Crippen molar-refractivity contribution >= 4 is 17.5 Å². The molecule has 3 aromatic rings. The predicted molar refractivity (Wildman–Crippen MR) is 108 cm³/mol. The van der Waals surface area contributed by atoms with Crippen molar-refractivity contribution in [2.24, 2.45) is 0 Å². The van der Waals surface area contributed by atoms with Gasteiger partial charge in [-0.15, -0.1) is 0 Å². The second kappa shape index (κ2) is 7.09. The van der Waals surface area contributed by atoms with Gasteiger partial charge in [-0.3, -0.25) is 9.59 Å². The lowest BCUT2D eigenvalue weighted by molar-refractivity contribution is -0.116. The molecule has 1 aromatic heterocycles. The zero-order chi connectivity index (χ0) is 20.7. The number of ketones is 1. The lowest BCUT2D eigenvalue weighted by Gasteiger charge is -2.23. The second-order valence-corrected chi connectivity index (χ2v) is 7.15. The summed E-state index contributed by atoms with van der Waals surface area (Å²) in [6.07, 6.45) is 0.0372. The van der Waals surface area contributed by atoms with Crippen molar-refractivity contribution in [1.29, 1.82) is 0 Å². The zero-order valence-electron chi connectivity index (χ0n) is 16.4. The lowest BCUT2D eigenvalue weighted by Crippen LogP contribution is -2.28. The number of nitrogens with one attached hydrogen (secondary N) is 1. The molecule has 1 aliphatic rings. The molecule has 0 radical (unpaired) electrons. The molecule has 7 nitrogen and oxygen atoms in total. The number of phenols is 1. The summed E-state index contributed by atoms with van der Waals surface area (Å²) in [6.45, 7) is 3.83. The fraction of sp³-hybridized carbons (Fsp3) is 0.227. The molecular formula is C22H21N3O4. The Kier molecular flexibility index (Phi) is 4.58. The Balaban J connectivity index is 1.80. The van der Waals surface area contributed by atoms with Crippen LogP contribution in [0.4, 0.5) is 5.82 Å². The van der Waals surface area contributed by atoms with Gasteiger partial charge in [0.15, 0.2) is 17.3 Å². The van der Waals surface area contributed by atoms with Gasteiger partial charge in [0, 0.05) is 17.5 Å². The Morgan fingerprint density at radius 3 is 2.62 bits per heavy atom. The summed E-state index contributed by atoms with van der Waals surface area (Å²) in [4.78, 5) is 25.7. The fourth-order valence-electron chi connectivity index (χ4n) is 3.68. The smallest absolute Gasteiger partial charge is 0.226 e. The van der Waals surface area contributed by atoms with Crippen LogP contribution in [0.5, 0.6) is 11.5 Å². The zero-order valence-corrected chi connectivity index (χ0v) is 16.4. The van der Waals surface area contributed by atoms with E-state index in [9.17, 15) is 14.7 Å². The fourth-order valence-corrected chi connectivity index (χ4v) is 3.68. The number of benzene rings is 2. The topological polar surface area (TPSA) is 93.5 Å². The summed E-state index contributed by atoms with van der Waals surface area (Å²) in [7, 11) is 1.42. The van der Waals surface area contributed by atoms with E-state index >= 15 is 0 Å². The number of amides is 1. The Morgan fingerprint density at radius 1 is 1.21 bits per heavy atom. The maximum Gasteiger partial charge on any atom is 0.226 e. The number of hydrogen-bond donors (Lipinski definition) is 2. The van der Waals surface area contributed by atoms with E-state index < -0.39 is 5.92 Å². The number of Topliss-reactive ketones (excluding diaryl/α,β-unsaturated/α-hetero) is 1. The number of aryl methyl sites for hydroxylation is 2. The number of nitrogens with zero attached hydrogens (tertiary/aromatic N) is 2. The van der Waals surface area contributed by atoms with Crippen molar-refractivity contribution in [1.82, 2.24) is 9.78 Å². The van der Waals surface area contributed by atoms with E-state index in [-0.39, 0.29) is 29.6 Å². The van der Waals surface area contributed by atoms with E-state index in [0.29, 0.717) is 22.6 Å². The van der Waals surface area contributed by atoms with Crippen LogP contribution in [0.15, 0.2) is 42.5 Å². The van der Waals surface area contributed by atoms with Crippen molar-refractivity contribution < 1.29 is 19.4 Å². The number of fused-ring (bicyclic) bond motifs is 1. The van der Waals surface area contributed by atoms with Gasteiger partial charge in [-0.05, 0) is 44.2 Å². The maximum absolute atomic E-state index is 13.3. The van der Waals surface area contributed by atoms with Crippen LogP contribution in [0.3, 0.4) is 0 Å². The normalized spacial score (nSPS) is 15.6. The molecule has 1 amide bonds. The van der Waals surface area contributed by atoms with E-state index in [4.69, 9.17) is 4.74 Å². The number of phenolic OH excluding ortho intramolecular Hbond substituents is 1. The lowest BCUT2D eigenvalue weighted by atomic mass is 9.85. The Labute approximate surface area is 167 Å². The number of ether oxygens (including phenoxy) is 1. The van der Waals surface area contributed by atoms with E-state index in [1.807, 2.05) is 38.1 Å². The van der Waals surface area contributed by atoms with Gasteiger partial charge in [-0.1, -0.05) is 17.7 Å². The summed E-state index contributed by atoms with van der Waals surface area (Å²) in [6, 6.07) is 12.2. The highest BCUT2D eigenvalue weighted by molar-refractivity contribution is 6.08. The van der Waals surface area contributed by atoms with Gasteiger partial charge in [-0.25, -0.2) is 4.68 Å². The number of anilines is 1. The largest absolute Gasteiger partial charge is 0.504 e. The van der Waals surface area contributed by atoms with Crippen LogP contribution in [0, 0.1) is 13.8 Å². The third-order valence-electron chi connectivity index (χ3n) is 5.16. The summed E-state index contributed by atoms with van der Waals surface area (Å²) >= 11 is 0. The number of methoxy groups -OCH3 is 1. The molecule has 148 valence electrons. The minimum atomic E-state index is -0.660. The highest BCUT2D eigenvalue weighted by Crippen LogP contribution is 2.39. The van der Waals surface area contributed by atoms with Crippen LogP contribution in [0.25, 0.3) is 5.69 Å². The molecule has 2 aromatic carbocycles. The van der Waals surface area contributed by atoms with Crippen molar-refractivity contribution in [3.05, 3.63) is 64.8 Å². The molecule has 29 heavy (non-hydrogen) atoms. The monoisotopic (exact) mass is 391 g/mol. The number of rotatable bonds is 4. The molecule has 1 aliphatic heterocycles. The van der Waals surface area contributed by atoms with Gasteiger partial charge in [-0.2, -0.15) is 5.10 Å². The average molecular weight is 391 g/mol. The quantitative estimate of drug-likeness (QED) is 0.664. The molecule has 0 saturated heterocycles. The van der Waals surface area contributed by atoms with Crippen LogP contribution in [-0.2, 0) is 4.79 Å². The molecule has 2 N–H and O–H groups in total. The summed E-state index contributed by atoms with van der Waals surface area (Å²) < 4.78 is 6.78. The summed E-state index contributed by atoms with van der Waals surface area (Å²) in [5.41, 5.74) is 3.68. The Bertz CT molecular complexity index is 1120. The summed E-state index contributed by atoms with van der Waals surface area (Å²) in [5, 5.41) is 17.3. The SMILES string of the molecule is COc1cc(C(=O)C2CC(=O)Nc3c2c(C)nn3-c2ccc(C)cc2)ccc1O. The van der Waals surface area contributed by atoms with Crippen molar-refractivity contribution in [3.8, 4) is 17.2 Å². The van der Waals surface area contributed by atoms with Crippen LogP contribution in [-0.4, -0.2) is 33.7 Å². The average Bonchev–Trinajstić information content (AvgIpc) is 3.04. The number of aromatic hydroxyl groups is 1. The number of aromatic nitrogens is 2. The van der Waals surface area contributed by atoms with Crippen molar-refractivity contribution in [2.45, 2.75) is 26.2 Å². The predicted octanol–water partition coefficient (Wildman–Crippen LogP) is 3.51. The van der Waals surface area contributed by atoms with Crippen LogP contribution in [0.2, 0.25) is 0 Å². The highest BCUT2D eigenvalue weighted by Gasteiger charge is 2.36. The molecule has 2 heterocycles. The molecule has 0 bridgehead atoms. The highest BCUT2D eigenvalue weighted by atomic mass is 16.5. The Hall–Kier alpha value is -3.61. The van der Waals surface area contributed by atoms with Crippen molar-refractivity contribution in [2.75, 3.05) is 12.4 Å². The van der Waals surface area contributed by atoms with E-state index in [2.05, 4.69) is 10.4 Å². The van der Waals surface area contributed by atoms with E-state index in [0.717, 1.165) is 11.3 Å². The number of carbonyl (C=O) groups is 2. The molecular weight excluding hydrogens is 370 g/mol. The number of carbonyl (C=O) groups excluding carboxylic acids is 2. The molecule has 0 fully saturated rings. The minimum absolute atomic E-state index is 0.0372. The van der Waals surface area contributed by atoms with Crippen LogP contribution >= 0.6 is 0 Å². The first-order chi connectivity index (χ1) is 13.9. The molecule has 1 unspecified atom stereocenters. The first kappa shape index (κ1) is 18.7. The van der Waals surface area contributed by atoms with Gasteiger partial charge in [0.25, 0.3) is 0 Å². The third kappa shape index (κ3) is 3.24. The third-order valence-corrected chi connectivity index (χ3v) is 5.16. The summed E-state index contributed by atoms with van der Waals surface area (Å²) in [5.74, 6) is -0.433. The van der Waals surface area contributed by atoms with Gasteiger partial charge in [0.05, 0.1) is 24.4 Å². The second-order valence-electron chi connectivity index (χ2n) is 7.15. The van der Waals surface area contributed by atoms with Crippen LogP contribution < -0.4 is 10.1 Å². The van der Waals surface area contributed by atoms with Gasteiger partial charge in [0.1, 0.15) is 5.82 Å². The van der Waals surface area contributed by atoms with E-state index in [1.165, 1.54) is 25.3 Å². The molecule has 1 atom stereocenters. The van der Waals surface area contributed by atoms with E-state index in [1.54, 1.807) is 4.68 Å². The first-order valence-electron chi connectivity index (χ1n) is 9.26. The van der Waals surface area contributed by atoms with Crippen molar-refractivity contribution in [3.63, 3.8) is 0 Å². The molecule has 0 aliphatic carbocycles. The van der Waals surface area contributed by atoms with Gasteiger partial charge >= 0.3 is 0 Å². The minimum Gasteiger partial charge on any atom is -0.504 e. The van der Waals surface area contributed by atoms with Crippen LogP contribution in [0.1, 0.15) is 39.5 Å². The standard InChI is InChI=1S/C22H21N3O4/c1-12-4-7-15(8-5-12)25-22-20(13(2)24-25)16(11-19(27)23-22)21(28)14-6-9-17(26)18(10-14)29-3/h4-10,16,26H,11H2,1-3H3,(H,23,27). The molecule has 7 heteroatoms. The molecule has 4 rings (SSSR count).